The Labute approximate surface area is 174 Å². The summed E-state index contributed by atoms with van der Waals surface area (Å²) < 4.78 is 6.04. The molecule has 1 saturated heterocycles. The van der Waals surface area contributed by atoms with E-state index in [0.29, 0.717) is 6.54 Å². The van der Waals surface area contributed by atoms with Crippen LogP contribution in [-0.4, -0.2) is 25.1 Å². The molecule has 1 fully saturated rings. The van der Waals surface area contributed by atoms with Gasteiger partial charge in [0.1, 0.15) is 5.75 Å². The number of aryl methyl sites for hydroxylation is 1. The van der Waals surface area contributed by atoms with Gasteiger partial charge in [0.15, 0.2) is 6.10 Å². The molecule has 1 amide bonds. The molecule has 0 aromatic heterocycles. The number of fused-ring (bicyclic) bond motifs is 1. The Hall–Kier alpha value is -2.49. The molecule has 4 rings (SSSR count). The van der Waals surface area contributed by atoms with E-state index in [9.17, 15) is 4.79 Å². The highest BCUT2D eigenvalue weighted by Gasteiger charge is 2.19. The van der Waals surface area contributed by atoms with Crippen LogP contribution in [0.4, 0.5) is 5.69 Å². The Morgan fingerprint density at radius 3 is 2.55 bits per heavy atom. The topological polar surface area (TPSA) is 41.6 Å². The standard InChI is InChI=1S/C25H32N2O2/c1-19(29-24-11-7-9-21-8-3-4-10-23(21)24)25(28)26-18-20-12-14-22(15-13-20)27-16-5-2-6-17-27/h7,9,11-15,19H,2-6,8,10,16-18H2,1H3,(H,26,28)/t19-/m0/s1. The summed E-state index contributed by atoms with van der Waals surface area (Å²) in [7, 11) is 0. The van der Waals surface area contributed by atoms with Gasteiger partial charge in [0.2, 0.25) is 0 Å². The number of carbonyl (C=O) groups is 1. The third-order valence-corrected chi connectivity index (χ3v) is 6.15. The highest BCUT2D eigenvalue weighted by Crippen LogP contribution is 2.30. The highest BCUT2D eigenvalue weighted by atomic mass is 16.5. The van der Waals surface area contributed by atoms with Crippen molar-refractivity contribution in [3.05, 3.63) is 59.2 Å². The second-order valence-corrected chi connectivity index (χ2v) is 8.29. The molecule has 2 aliphatic rings. The zero-order valence-corrected chi connectivity index (χ0v) is 17.5. The van der Waals surface area contributed by atoms with Crippen molar-refractivity contribution in [2.75, 3.05) is 18.0 Å². The second kappa shape index (κ2) is 9.34. The van der Waals surface area contributed by atoms with Crippen molar-refractivity contribution in [1.82, 2.24) is 5.32 Å². The first-order chi connectivity index (χ1) is 14.2. The number of ether oxygens (including phenoxy) is 1. The van der Waals surface area contributed by atoms with Crippen LogP contribution in [0, 0.1) is 0 Å². The van der Waals surface area contributed by atoms with Gasteiger partial charge in [-0.1, -0.05) is 24.3 Å². The molecule has 1 heterocycles. The zero-order valence-electron chi connectivity index (χ0n) is 17.5. The SMILES string of the molecule is C[C@H](Oc1cccc2c1CCCC2)C(=O)NCc1ccc(N2CCCCC2)cc1. The number of hydrogen-bond acceptors (Lipinski definition) is 3. The predicted molar refractivity (Wildman–Crippen MR) is 118 cm³/mol. The summed E-state index contributed by atoms with van der Waals surface area (Å²) >= 11 is 0. The molecular weight excluding hydrogens is 360 g/mol. The van der Waals surface area contributed by atoms with Gasteiger partial charge in [-0.2, -0.15) is 0 Å². The van der Waals surface area contributed by atoms with Gasteiger partial charge < -0.3 is 15.0 Å². The molecule has 29 heavy (non-hydrogen) atoms. The zero-order chi connectivity index (χ0) is 20.1. The van der Waals surface area contributed by atoms with Crippen molar-refractivity contribution in [2.24, 2.45) is 0 Å². The number of rotatable bonds is 6. The normalized spacial score (nSPS) is 17.3. The molecule has 0 unspecified atom stereocenters. The molecular formula is C25H32N2O2. The Kier molecular flexibility index (Phi) is 6.38. The number of nitrogens with zero attached hydrogens (tertiary/aromatic N) is 1. The smallest absolute Gasteiger partial charge is 0.261 e. The van der Waals surface area contributed by atoms with E-state index in [1.54, 1.807) is 0 Å². The summed E-state index contributed by atoms with van der Waals surface area (Å²) in [5.41, 5.74) is 5.05. The van der Waals surface area contributed by atoms with Gasteiger partial charge in [0.05, 0.1) is 0 Å². The van der Waals surface area contributed by atoms with Crippen LogP contribution in [0.5, 0.6) is 5.75 Å². The third kappa shape index (κ3) is 4.92. The van der Waals surface area contributed by atoms with Crippen LogP contribution in [0.25, 0.3) is 0 Å². The lowest BCUT2D eigenvalue weighted by Crippen LogP contribution is -2.36. The van der Waals surface area contributed by atoms with Crippen LogP contribution < -0.4 is 15.0 Å². The molecule has 0 saturated carbocycles. The molecule has 4 heteroatoms. The van der Waals surface area contributed by atoms with E-state index in [4.69, 9.17) is 4.74 Å². The molecule has 1 aliphatic heterocycles. The van der Waals surface area contributed by atoms with E-state index in [-0.39, 0.29) is 5.91 Å². The second-order valence-electron chi connectivity index (χ2n) is 8.29. The first kappa shape index (κ1) is 19.8. The van der Waals surface area contributed by atoms with Gasteiger partial charge in [0, 0.05) is 25.3 Å². The fourth-order valence-electron chi connectivity index (χ4n) is 4.41. The summed E-state index contributed by atoms with van der Waals surface area (Å²) in [5, 5.41) is 3.02. The first-order valence-electron chi connectivity index (χ1n) is 11.1. The van der Waals surface area contributed by atoms with E-state index in [2.05, 4.69) is 40.5 Å². The number of benzene rings is 2. The van der Waals surface area contributed by atoms with Gasteiger partial charge in [-0.05, 0) is 86.8 Å². The molecule has 0 radical (unpaired) electrons. The molecule has 2 aromatic rings. The number of carbonyl (C=O) groups excluding carboxylic acids is 1. The molecule has 1 N–H and O–H groups in total. The third-order valence-electron chi connectivity index (χ3n) is 6.15. The van der Waals surface area contributed by atoms with Crippen LogP contribution in [0.3, 0.4) is 0 Å². The van der Waals surface area contributed by atoms with Gasteiger partial charge in [-0.25, -0.2) is 0 Å². The van der Waals surface area contributed by atoms with Crippen LogP contribution in [0.1, 0.15) is 55.7 Å². The van der Waals surface area contributed by atoms with Crippen LogP contribution in [0.2, 0.25) is 0 Å². The maximum atomic E-state index is 12.6. The van der Waals surface area contributed by atoms with Crippen molar-refractivity contribution >= 4 is 11.6 Å². The lowest BCUT2D eigenvalue weighted by atomic mass is 9.91. The largest absolute Gasteiger partial charge is 0.481 e. The Bertz CT molecular complexity index is 825. The molecule has 4 nitrogen and oxygen atoms in total. The first-order valence-corrected chi connectivity index (χ1v) is 11.1. The molecule has 0 bridgehead atoms. The highest BCUT2D eigenvalue weighted by molar-refractivity contribution is 5.80. The number of nitrogens with one attached hydrogen (secondary N) is 1. The summed E-state index contributed by atoms with van der Waals surface area (Å²) in [4.78, 5) is 15.0. The quantitative estimate of drug-likeness (QED) is 0.779. The average Bonchev–Trinajstić information content (AvgIpc) is 2.78. The minimum Gasteiger partial charge on any atom is -0.481 e. The van der Waals surface area contributed by atoms with Crippen molar-refractivity contribution in [1.29, 1.82) is 0 Å². The maximum absolute atomic E-state index is 12.6. The summed E-state index contributed by atoms with van der Waals surface area (Å²) in [6.45, 7) is 4.65. The van der Waals surface area contributed by atoms with E-state index >= 15 is 0 Å². The van der Waals surface area contributed by atoms with Crippen LogP contribution >= 0.6 is 0 Å². The lowest BCUT2D eigenvalue weighted by Gasteiger charge is -2.28. The summed E-state index contributed by atoms with van der Waals surface area (Å²) in [5.74, 6) is 0.800. The number of piperidine rings is 1. The van der Waals surface area contributed by atoms with Gasteiger partial charge in [-0.15, -0.1) is 0 Å². The van der Waals surface area contributed by atoms with E-state index in [1.165, 1.54) is 48.9 Å². The van der Waals surface area contributed by atoms with E-state index in [1.807, 2.05) is 19.1 Å². The summed E-state index contributed by atoms with van der Waals surface area (Å²) in [6.07, 6.45) is 7.98. The fraction of sp³-hybridized carbons (Fsp3) is 0.480. The van der Waals surface area contributed by atoms with Crippen LogP contribution in [0.15, 0.2) is 42.5 Å². The summed E-state index contributed by atoms with van der Waals surface area (Å²) in [6, 6.07) is 14.8. The van der Waals surface area contributed by atoms with Crippen molar-refractivity contribution in [3.8, 4) is 5.75 Å². The Morgan fingerprint density at radius 1 is 1.00 bits per heavy atom. The van der Waals surface area contributed by atoms with E-state index < -0.39 is 6.10 Å². The molecule has 1 aliphatic carbocycles. The number of amides is 1. The van der Waals surface area contributed by atoms with Crippen LogP contribution in [-0.2, 0) is 24.2 Å². The van der Waals surface area contributed by atoms with Crippen molar-refractivity contribution < 1.29 is 9.53 Å². The fourth-order valence-corrected chi connectivity index (χ4v) is 4.41. The Balaban J connectivity index is 1.30. The predicted octanol–water partition coefficient (Wildman–Crippen LogP) is 4.64. The Morgan fingerprint density at radius 2 is 1.76 bits per heavy atom. The van der Waals surface area contributed by atoms with Gasteiger partial charge >= 0.3 is 0 Å². The molecule has 0 spiro atoms. The van der Waals surface area contributed by atoms with Gasteiger partial charge in [-0.3, -0.25) is 4.79 Å². The van der Waals surface area contributed by atoms with E-state index in [0.717, 1.165) is 37.2 Å². The maximum Gasteiger partial charge on any atom is 0.261 e. The average molecular weight is 393 g/mol. The minimum absolute atomic E-state index is 0.0708. The lowest BCUT2D eigenvalue weighted by molar-refractivity contribution is -0.127. The van der Waals surface area contributed by atoms with Gasteiger partial charge in [0.25, 0.3) is 5.91 Å². The minimum atomic E-state index is -0.504. The molecule has 2 aromatic carbocycles. The monoisotopic (exact) mass is 392 g/mol. The molecule has 1 atom stereocenters. The van der Waals surface area contributed by atoms with Crippen molar-refractivity contribution in [2.45, 2.75) is 64.5 Å². The number of anilines is 1. The van der Waals surface area contributed by atoms with Crippen molar-refractivity contribution in [3.63, 3.8) is 0 Å². The molecule has 154 valence electrons. The number of hydrogen-bond donors (Lipinski definition) is 1.